The zero-order chi connectivity index (χ0) is 17.2. The average Bonchev–Trinajstić information content (AvgIpc) is 2.17. The summed E-state index contributed by atoms with van der Waals surface area (Å²) in [6, 6.07) is 0. The normalized spacial score (nSPS) is 17.8. The first-order chi connectivity index (χ1) is 9.19. The molecule has 0 aliphatic heterocycles. The molecule has 0 saturated heterocycles. The fourth-order valence-corrected chi connectivity index (χ4v) is 3.63. The molecule has 0 aliphatic carbocycles. The van der Waals surface area contributed by atoms with E-state index in [2.05, 4.69) is 0 Å². The highest BCUT2D eigenvalue weighted by Crippen LogP contribution is 2.47. The monoisotopic (exact) mass is 321 g/mol. The van der Waals surface area contributed by atoms with Gasteiger partial charge in [0.15, 0.2) is 6.16 Å². The summed E-state index contributed by atoms with van der Waals surface area (Å²) in [5.41, 5.74) is -1.30. The van der Waals surface area contributed by atoms with E-state index in [0.29, 0.717) is 0 Å². The van der Waals surface area contributed by atoms with Crippen molar-refractivity contribution in [3.63, 3.8) is 0 Å². The highest BCUT2D eigenvalue weighted by molar-refractivity contribution is 7.38. The van der Waals surface area contributed by atoms with Crippen molar-refractivity contribution in [1.82, 2.24) is 0 Å². The summed E-state index contributed by atoms with van der Waals surface area (Å²) >= 11 is 0. The van der Waals surface area contributed by atoms with Crippen LogP contribution in [0.3, 0.4) is 0 Å². The Morgan fingerprint density at radius 3 is 1.57 bits per heavy atom. The van der Waals surface area contributed by atoms with Gasteiger partial charge in [0.1, 0.15) is 5.92 Å². The number of hydrogen-bond acceptors (Lipinski definition) is 3. The Balaban J connectivity index is 6.01. The van der Waals surface area contributed by atoms with Crippen LogP contribution in [0.2, 0.25) is 0 Å². The van der Waals surface area contributed by atoms with Crippen LogP contribution in [0.4, 0.5) is 0 Å². The van der Waals surface area contributed by atoms with Crippen molar-refractivity contribution in [2.75, 3.05) is 6.16 Å². The summed E-state index contributed by atoms with van der Waals surface area (Å²) in [5.74, 6) is -5.20. The molecule has 0 heterocycles. The summed E-state index contributed by atoms with van der Waals surface area (Å²) in [6.45, 7) is 10.5. The lowest BCUT2D eigenvalue weighted by atomic mass is 9.60. The second-order valence-corrected chi connectivity index (χ2v) is 8.62. The minimum absolute atomic E-state index is 0.438. The maximum Gasteiger partial charge on any atom is 0.506 e. The third kappa shape index (κ3) is 5.71. The molecule has 0 aliphatic rings. The van der Waals surface area contributed by atoms with Gasteiger partial charge in [-0.25, -0.2) is 0 Å². The minimum atomic E-state index is -2.66. The predicted molar refractivity (Wildman–Crippen MR) is 79.3 cm³/mol. The Kier molecular flexibility index (Phi) is 6.51. The van der Waals surface area contributed by atoms with Crippen LogP contribution in [0.5, 0.6) is 0 Å². The lowest BCUT2D eigenvalue weighted by Crippen LogP contribution is -2.47. The highest BCUT2D eigenvalue weighted by atomic mass is 31.1. The molecule has 21 heavy (non-hydrogen) atoms. The molecule has 4 unspecified atom stereocenters. The van der Waals surface area contributed by atoms with Crippen LogP contribution in [0.25, 0.3) is 0 Å². The van der Waals surface area contributed by atoms with Crippen LogP contribution in [0.1, 0.15) is 41.5 Å². The van der Waals surface area contributed by atoms with Crippen LogP contribution in [-0.4, -0.2) is 33.2 Å². The Hall–Kier alpha value is -1.00. The van der Waals surface area contributed by atoms with Gasteiger partial charge in [0, 0.05) is 0 Å². The zero-order valence-corrected chi connectivity index (χ0v) is 14.3. The van der Waals surface area contributed by atoms with Gasteiger partial charge in [-0.05, 0) is 21.3 Å². The minimum Gasteiger partial charge on any atom is -0.481 e. The van der Waals surface area contributed by atoms with Crippen LogP contribution in [0, 0.1) is 28.6 Å². The molecule has 0 aromatic carbocycles. The van der Waals surface area contributed by atoms with Crippen molar-refractivity contribution >= 4 is 20.0 Å². The zero-order valence-electron chi connectivity index (χ0n) is 13.5. The average molecular weight is 321 g/mol. The van der Waals surface area contributed by atoms with E-state index in [0.717, 1.165) is 0 Å². The van der Waals surface area contributed by atoms with E-state index in [-0.39, 0.29) is 0 Å². The van der Waals surface area contributed by atoms with Gasteiger partial charge < -0.3 is 10.2 Å². The van der Waals surface area contributed by atoms with Crippen LogP contribution in [0.15, 0.2) is 0 Å². The van der Waals surface area contributed by atoms with Crippen molar-refractivity contribution in [3.8, 4) is 0 Å². The maximum atomic E-state index is 11.7. The molecule has 0 spiro atoms. The Labute approximate surface area is 126 Å². The Morgan fingerprint density at radius 2 is 1.38 bits per heavy atom. The van der Waals surface area contributed by atoms with E-state index >= 15 is 0 Å². The molecular weight excluding hydrogens is 295 g/mol. The lowest BCUT2D eigenvalue weighted by Gasteiger charge is -2.43. The highest BCUT2D eigenvalue weighted by Gasteiger charge is 2.51. The first kappa shape index (κ1) is 20.0. The van der Waals surface area contributed by atoms with E-state index in [4.69, 9.17) is 4.89 Å². The Bertz CT molecular complexity index is 418. The number of carbonyl (C=O) groups is 2. The molecule has 3 N–H and O–H groups in total. The molecule has 0 amide bonds. The summed E-state index contributed by atoms with van der Waals surface area (Å²) in [7, 11) is -2.66. The molecule has 0 bridgehead atoms. The molecule has 4 atom stereocenters. The summed E-state index contributed by atoms with van der Waals surface area (Å²) in [6.07, 6.45) is -0.438. The molecule has 0 aromatic heterocycles. The molecule has 0 saturated carbocycles. The molecule has 0 fully saturated rings. The molecular formula is C14H26O6P+. The van der Waals surface area contributed by atoms with Gasteiger partial charge in [-0.1, -0.05) is 41.5 Å². The molecule has 0 aromatic rings. The number of rotatable bonds is 6. The number of carboxylic acid groups (broad SMARTS) is 2. The molecule has 0 rings (SSSR count). The summed E-state index contributed by atoms with van der Waals surface area (Å²) in [4.78, 5) is 32.4. The predicted octanol–water partition coefficient (Wildman–Crippen LogP) is 2.83. The third-order valence-electron chi connectivity index (χ3n) is 3.66. The van der Waals surface area contributed by atoms with Gasteiger partial charge in [0.25, 0.3) is 0 Å². The van der Waals surface area contributed by atoms with Gasteiger partial charge in [0.05, 0.1) is 5.92 Å². The van der Waals surface area contributed by atoms with Crippen molar-refractivity contribution in [2.45, 2.75) is 41.5 Å². The fraction of sp³-hybridized carbons (Fsp3) is 0.857. The second kappa shape index (κ2) is 6.84. The van der Waals surface area contributed by atoms with E-state index in [1.807, 2.05) is 0 Å². The topological polar surface area (TPSA) is 112 Å². The summed E-state index contributed by atoms with van der Waals surface area (Å²) in [5, 5.41) is 19.0. The SMILES string of the molecule is CC(C)(C)C(C(=O)O)C(C(C[P+](=O)O)C(=O)O)C(C)(C)C. The van der Waals surface area contributed by atoms with Gasteiger partial charge in [-0.3, -0.25) is 9.59 Å². The smallest absolute Gasteiger partial charge is 0.481 e. The van der Waals surface area contributed by atoms with Crippen LogP contribution < -0.4 is 0 Å². The number of carboxylic acids is 2. The lowest BCUT2D eigenvalue weighted by molar-refractivity contribution is -0.157. The van der Waals surface area contributed by atoms with Gasteiger partial charge in [0.2, 0.25) is 0 Å². The first-order valence-corrected chi connectivity index (χ1v) is 8.18. The number of hydrogen-bond donors (Lipinski definition) is 3. The van der Waals surface area contributed by atoms with E-state index in [9.17, 15) is 24.4 Å². The van der Waals surface area contributed by atoms with Crippen LogP contribution >= 0.6 is 8.03 Å². The van der Waals surface area contributed by atoms with Gasteiger partial charge >= 0.3 is 20.0 Å². The van der Waals surface area contributed by atoms with Crippen molar-refractivity contribution in [1.29, 1.82) is 0 Å². The third-order valence-corrected chi connectivity index (χ3v) is 4.37. The molecule has 0 radical (unpaired) electrons. The fourth-order valence-electron chi connectivity index (χ4n) is 2.91. The van der Waals surface area contributed by atoms with E-state index < -0.39 is 54.7 Å². The standard InChI is InChI=1S/C14H25O6P/c1-13(2,3)9(8(11(15)16)7-21(19)20)10(12(17)18)14(4,5)6/h8-10H,7H2,1-6H3,(H2-,15,16,17,18,19,20)/p+1. The van der Waals surface area contributed by atoms with Crippen LogP contribution in [-0.2, 0) is 14.2 Å². The molecule has 122 valence electrons. The first-order valence-electron chi connectivity index (χ1n) is 6.78. The Morgan fingerprint density at radius 1 is 0.952 bits per heavy atom. The van der Waals surface area contributed by atoms with Crippen molar-refractivity contribution < 1.29 is 29.3 Å². The molecule has 6 nitrogen and oxygen atoms in total. The quantitative estimate of drug-likeness (QED) is 0.649. The second-order valence-electron chi connectivity index (χ2n) is 7.55. The van der Waals surface area contributed by atoms with Crippen molar-refractivity contribution in [2.24, 2.45) is 28.6 Å². The summed E-state index contributed by atoms with van der Waals surface area (Å²) < 4.78 is 11.1. The van der Waals surface area contributed by atoms with E-state index in [1.54, 1.807) is 41.5 Å². The van der Waals surface area contributed by atoms with E-state index in [1.165, 1.54) is 0 Å². The maximum absolute atomic E-state index is 11.7. The molecule has 7 heteroatoms. The van der Waals surface area contributed by atoms with Gasteiger partial charge in [-0.15, -0.1) is 0 Å². The van der Waals surface area contributed by atoms with Gasteiger partial charge in [-0.2, -0.15) is 4.89 Å². The van der Waals surface area contributed by atoms with Crippen molar-refractivity contribution in [3.05, 3.63) is 0 Å². The largest absolute Gasteiger partial charge is 0.506 e. The number of aliphatic carboxylic acids is 2.